The van der Waals surface area contributed by atoms with Crippen LogP contribution in [0.3, 0.4) is 0 Å². The van der Waals surface area contributed by atoms with Crippen LogP contribution in [0.5, 0.6) is 5.75 Å². The van der Waals surface area contributed by atoms with Crippen LogP contribution in [0.1, 0.15) is 11.8 Å². The molecule has 0 saturated carbocycles. The van der Waals surface area contributed by atoms with Gasteiger partial charge in [0, 0.05) is 14.1 Å². The molecule has 0 bridgehead atoms. The molecule has 12 nitrogen and oxygen atoms in total. The monoisotopic (exact) mass is 471 g/mol. The summed E-state index contributed by atoms with van der Waals surface area (Å²) in [5, 5.41) is 23.6. The molecule has 4 rings (SSSR count). The second-order valence-electron chi connectivity index (χ2n) is 8.35. The van der Waals surface area contributed by atoms with E-state index < -0.39 is 43.0 Å². The molecule has 3 heterocycles. The lowest BCUT2D eigenvalue weighted by molar-refractivity contribution is -0.124. The van der Waals surface area contributed by atoms with E-state index in [9.17, 15) is 15.0 Å². The van der Waals surface area contributed by atoms with Gasteiger partial charge in [0.25, 0.3) is 0 Å². The molecule has 5 N–H and O–H groups in total. The van der Waals surface area contributed by atoms with E-state index in [4.69, 9.17) is 15.2 Å². The highest BCUT2D eigenvalue weighted by atomic mass is 16.5. The summed E-state index contributed by atoms with van der Waals surface area (Å²) >= 11 is 0. The van der Waals surface area contributed by atoms with E-state index in [0.717, 1.165) is 5.56 Å². The highest BCUT2D eigenvalue weighted by Gasteiger charge is 2.46. The van der Waals surface area contributed by atoms with Crippen LogP contribution in [0, 0.1) is 0 Å². The number of ether oxygens (including phenoxy) is 2. The molecule has 1 amide bonds. The van der Waals surface area contributed by atoms with Gasteiger partial charge in [0.05, 0.1) is 32.1 Å². The quantitative estimate of drug-likeness (QED) is 0.328. The number of aromatic nitrogens is 4. The van der Waals surface area contributed by atoms with Crippen LogP contribution in [0.4, 0.5) is 5.82 Å². The van der Waals surface area contributed by atoms with Gasteiger partial charge in [0.15, 0.2) is 23.2 Å². The number of nitrogens with zero attached hydrogens (tertiary/aromatic N) is 5. The molecule has 1 aliphatic heterocycles. The van der Waals surface area contributed by atoms with Crippen molar-refractivity contribution >= 4 is 22.9 Å². The van der Waals surface area contributed by atoms with Gasteiger partial charge in [0.1, 0.15) is 24.3 Å². The van der Waals surface area contributed by atoms with E-state index in [1.54, 1.807) is 28.7 Å². The standard InChI is InChI=1S/C22H29N7O5/c1-28(2)19-17-20(25-10-24-19)29(11-26-17)22-18(31)16(15(9-30)34-22)27-21(32)14(23)8-12-4-6-13(33-3)7-5-12/h4-7,10-11,14-16,18,22,30-31H,8-9,23H2,1-3H3,(H,27,32)/t14-,15+,16-,18+,22-/m1/s1. The van der Waals surface area contributed by atoms with Gasteiger partial charge in [-0.3, -0.25) is 9.36 Å². The van der Waals surface area contributed by atoms with Crippen LogP contribution < -0.4 is 20.7 Å². The normalized spacial score (nSPS) is 23.1. The molecule has 0 radical (unpaired) electrons. The van der Waals surface area contributed by atoms with Crippen molar-refractivity contribution in [2.24, 2.45) is 5.73 Å². The first-order valence-corrected chi connectivity index (χ1v) is 10.8. The van der Waals surface area contributed by atoms with Gasteiger partial charge in [-0.2, -0.15) is 0 Å². The van der Waals surface area contributed by atoms with Crippen molar-refractivity contribution in [2.45, 2.75) is 36.9 Å². The Kier molecular flexibility index (Phi) is 6.93. The van der Waals surface area contributed by atoms with Gasteiger partial charge in [-0.25, -0.2) is 15.0 Å². The van der Waals surface area contributed by atoms with Crippen LogP contribution in [0.15, 0.2) is 36.9 Å². The number of amides is 1. The predicted molar refractivity (Wildman–Crippen MR) is 123 cm³/mol. The number of fused-ring (bicyclic) bond motifs is 1. The molecule has 12 heteroatoms. The number of methoxy groups -OCH3 is 1. The van der Waals surface area contributed by atoms with E-state index in [-0.39, 0.29) is 0 Å². The molecule has 1 aliphatic rings. The molecule has 1 saturated heterocycles. The Morgan fingerprint density at radius 2 is 2.03 bits per heavy atom. The molecule has 3 aromatic rings. The first-order chi connectivity index (χ1) is 16.3. The number of hydrogen-bond acceptors (Lipinski definition) is 10. The number of aliphatic hydroxyl groups is 2. The summed E-state index contributed by atoms with van der Waals surface area (Å²) in [6.45, 7) is -0.406. The predicted octanol–water partition coefficient (Wildman–Crippen LogP) is -0.794. The first-order valence-electron chi connectivity index (χ1n) is 10.8. The van der Waals surface area contributed by atoms with Crippen molar-refractivity contribution in [3.8, 4) is 5.75 Å². The lowest BCUT2D eigenvalue weighted by Crippen LogP contribution is -2.53. The lowest BCUT2D eigenvalue weighted by atomic mass is 10.0. The van der Waals surface area contributed by atoms with E-state index >= 15 is 0 Å². The Balaban J connectivity index is 1.49. The SMILES string of the molecule is COc1ccc(C[C@@H](N)C(=O)N[C@H]2[C@H](O)[C@H](n3cnc4c(N(C)C)ncnc43)O[C@H]2CO)cc1. The number of nitrogens with one attached hydrogen (secondary N) is 1. The van der Waals surface area contributed by atoms with Gasteiger partial charge in [-0.05, 0) is 24.1 Å². The van der Waals surface area contributed by atoms with Gasteiger partial charge in [-0.1, -0.05) is 12.1 Å². The van der Waals surface area contributed by atoms with Crippen molar-refractivity contribution in [3.63, 3.8) is 0 Å². The molecule has 0 aliphatic carbocycles. The van der Waals surface area contributed by atoms with Crippen molar-refractivity contribution < 1.29 is 24.5 Å². The Labute approximate surface area is 196 Å². The average molecular weight is 472 g/mol. The molecule has 182 valence electrons. The van der Waals surface area contributed by atoms with E-state index in [1.807, 2.05) is 26.2 Å². The molecular weight excluding hydrogens is 442 g/mol. The zero-order valence-electron chi connectivity index (χ0n) is 19.2. The third-order valence-electron chi connectivity index (χ3n) is 5.85. The Morgan fingerprint density at radius 3 is 2.68 bits per heavy atom. The Bertz CT molecular complexity index is 1140. The fourth-order valence-electron chi connectivity index (χ4n) is 4.04. The molecule has 2 aromatic heterocycles. The summed E-state index contributed by atoms with van der Waals surface area (Å²) < 4.78 is 12.6. The maximum Gasteiger partial charge on any atom is 0.237 e. The molecule has 0 unspecified atom stereocenters. The Hall–Kier alpha value is -3.32. The van der Waals surface area contributed by atoms with Crippen LogP contribution in [0.25, 0.3) is 11.2 Å². The maximum absolute atomic E-state index is 12.8. The van der Waals surface area contributed by atoms with E-state index in [1.165, 1.54) is 12.7 Å². The highest BCUT2D eigenvalue weighted by molar-refractivity contribution is 5.83. The smallest absolute Gasteiger partial charge is 0.237 e. The van der Waals surface area contributed by atoms with Crippen LogP contribution in [-0.2, 0) is 16.0 Å². The largest absolute Gasteiger partial charge is 0.497 e. The number of hydrogen-bond donors (Lipinski definition) is 4. The highest BCUT2D eigenvalue weighted by Crippen LogP contribution is 2.32. The minimum atomic E-state index is -1.18. The summed E-state index contributed by atoms with van der Waals surface area (Å²) in [6.07, 6.45) is 0.250. The average Bonchev–Trinajstić information content (AvgIpc) is 3.40. The minimum Gasteiger partial charge on any atom is -0.497 e. The first kappa shape index (κ1) is 23.8. The number of carbonyl (C=O) groups excluding carboxylic acids is 1. The summed E-state index contributed by atoms with van der Waals surface area (Å²) in [4.78, 5) is 27.5. The van der Waals surface area contributed by atoms with Gasteiger partial charge < -0.3 is 35.6 Å². The molecule has 0 spiro atoms. The molecule has 34 heavy (non-hydrogen) atoms. The molecule has 1 fully saturated rings. The number of nitrogens with two attached hydrogens (primary N) is 1. The topological polar surface area (TPSA) is 161 Å². The number of imidazole rings is 1. The van der Waals surface area contributed by atoms with Crippen molar-refractivity contribution in [2.75, 3.05) is 32.7 Å². The van der Waals surface area contributed by atoms with Crippen LogP contribution >= 0.6 is 0 Å². The van der Waals surface area contributed by atoms with Gasteiger partial charge in [0.2, 0.25) is 5.91 Å². The zero-order chi connectivity index (χ0) is 24.4. The summed E-state index contributed by atoms with van der Waals surface area (Å²) in [7, 11) is 5.25. The molecule has 5 atom stereocenters. The number of rotatable bonds is 8. The van der Waals surface area contributed by atoms with Gasteiger partial charge >= 0.3 is 0 Å². The third kappa shape index (κ3) is 4.53. The van der Waals surface area contributed by atoms with Crippen LogP contribution in [0.2, 0.25) is 0 Å². The lowest BCUT2D eigenvalue weighted by Gasteiger charge is -2.23. The van der Waals surface area contributed by atoms with Crippen molar-refractivity contribution in [3.05, 3.63) is 42.5 Å². The van der Waals surface area contributed by atoms with Crippen LogP contribution in [-0.4, -0.2) is 87.7 Å². The summed E-state index contributed by atoms with van der Waals surface area (Å²) in [5.41, 5.74) is 7.98. The second kappa shape index (κ2) is 9.89. The van der Waals surface area contributed by atoms with Gasteiger partial charge in [-0.15, -0.1) is 0 Å². The summed E-state index contributed by atoms with van der Waals surface area (Å²) in [6, 6.07) is 5.52. The van der Waals surface area contributed by atoms with Crippen molar-refractivity contribution in [1.29, 1.82) is 0 Å². The van der Waals surface area contributed by atoms with E-state index in [0.29, 0.717) is 29.2 Å². The second-order valence-corrected chi connectivity index (χ2v) is 8.35. The summed E-state index contributed by atoms with van der Waals surface area (Å²) in [5.74, 6) is 0.861. The minimum absolute atomic E-state index is 0.295. The maximum atomic E-state index is 12.8. The number of benzene rings is 1. The molecular formula is C22H29N7O5. The van der Waals surface area contributed by atoms with Crippen molar-refractivity contribution in [1.82, 2.24) is 24.8 Å². The third-order valence-corrected chi connectivity index (χ3v) is 5.85. The van der Waals surface area contributed by atoms with E-state index in [2.05, 4.69) is 20.3 Å². The number of carbonyl (C=O) groups is 1. The Morgan fingerprint density at radius 1 is 1.29 bits per heavy atom. The zero-order valence-corrected chi connectivity index (χ0v) is 19.2. The fourth-order valence-corrected chi connectivity index (χ4v) is 4.04. The number of anilines is 1. The fraction of sp³-hybridized carbons (Fsp3) is 0.455. The molecule has 1 aromatic carbocycles. The number of aliphatic hydroxyl groups excluding tert-OH is 2.